The van der Waals surface area contributed by atoms with Crippen molar-refractivity contribution in [3.8, 4) is 6.01 Å². The van der Waals surface area contributed by atoms with Crippen LogP contribution < -0.4 is 15.4 Å². The Morgan fingerprint density at radius 3 is 2.76 bits per heavy atom. The predicted octanol–water partition coefficient (Wildman–Crippen LogP) is 4.08. The first kappa shape index (κ1) is 21.2. The molecular weight excluding hydrogens is 420 g/mol. The largest absolute Gasteiger partial charge is 0.467 e. The number of fused-ring (bicyclic) bond motifs is 1. The lowest BCUT2D eigenvalue weighted by Crippen LogP contribution is -2.29. The van der Waals surface area contributed by atoms with Crippen molar-refractivity contribution in [2.45, 2.75) is 39.3 Å². The second-order valence-corrected chi connectivity index (χ2v) is 8.01. The monoisotopic (exact) mass is 448 g/mol. The summed E-state index contributed by atoms with van der Waals surface area (Å²) in [4.78, 5) is 23.8. The summed E-state index contributed by atoms with van der Waals surface area (Å²) < 4.78 is 10.9. The van der Waals surface area contributed by atoms with E-state index in [0.717, 1.165) is 47.9 Å². The van der Waals surface area contributed by atoms with Crippen LogP contribution in [0.15, 0.2) is 41.0 Å². The minimum Gasteiger partial charge on any atom is -0.467 e. The van der Waals surface area contributed by atoms with E-state index < -0.39 is 0 Å². The molecule has 3 aromatic heterocycles. The van der Waals surface area contributed by atoms with Gasteiger partial charge < -0.3 is 24.8 Å². The van der Waals surface area contributed by atoms with Gasteiger partial charge in [0.15, 0.2) is 0 Å². The van der Waals surface area contributed by atoms with Crippen LogP contribution in [0.1, 0.15) is 37.8 Å². The van der Waals surface area contributed by atoms with Crippen molar-refractivity contribution in [2.24, 2.45) is 0 Å². The number of piperidine rings is 1. The van der Waals surface area contributed by atoms with E-state index in [0.29, 0.717) is 25.0 Å². The van der Waals surface area contributed by atoms with E-state index in [2.05, 4.69) is 35.5 Å². The van der Waals surface area contributed by atoms with Crippen molar-refractivity contribution in [3.63, 3.8) is 0 Å². The fourth-order valence-electron chi connectivity index (χ4n) is 3.94. The molecule has 5 rings (SSSR count). The van der Waals surface area contributed by atoms with Gasteiger partial charge >= 0.3 is 6.01 Å². The molecule has 1 fully saturated rings. The Labute approximate surface area is 191 Å². The maximum Gasteiger partial charge on any atom is 0.323 e. The van der Waals surface area contributed by atoms with Gasteiger partial charge in [-0.3, -0.25) is 4.90 Å². The molecule has 4 aromatic rings. The van der Waals surface area contributed by atoms with Crippen LogP contribution in [0, 0.1) is 0 Å². The van der Waals surface area contributed by atoms with Gasteiger partial charge in [-0.15, -0.1) is 0 Å². The number of ether oxygens (including phenoxy) is 1. The number of benzene rings is 1. The number of aromatic amines is 1. The fourth-order valence-corrected chi connectivity index (χ4v) is 3.94. The van der Waals surface area contributed by atoms with E-state index in [4.69, 9.17) is 14.1 Å². The van der Waals surface area contributed by atoms with Crippen molar-refractivity contribution in [1.82, 2.24) is 29.8 Å². The van der Waals surface area contributed by atoms with E-state index in [-0.39, 0.29) is 6.01 Å². The van der Waals surface area contributed by atoms with Crippen molar-refractivity contribution < 1.29 is 9.15 Å². The second kappa shape index (κ2) is 9.86. The topological polar surface area (TPSA) is 117 Å². The van der Waals surface area contributed by atoms with Crippen LogP contribution in [0.2, 0.25) is 0 Å². The second-order valence-electron chi connectivity index (χ2n) is 8.01. The maximum atomic E-state index is 5.52. The van der Waals surface area contributed by atoms with Gasteiger partial charge in [0.2, 0.25) is 11.9 Å². The molecule has 33 heavy (non-hydrogen) atoms. The van der Waals surface area contributed by atoms with Crippen LogP contribution >= 0.6 is 0 Å². The number of aromatic nitrogens is 5. The summed E-state index contributed by atoms with van der Waals surface area (Å²) in [6.07, 6.45) is 5.49. The highest BCUT2D eigenvalue weighted by Gasteiger charge is 2.13. The minimum atomic E-state index is 0.253. The lowest BCUT2D eigenvalue weighted by atomic mass is 10.1. The van der Waals surface area contributed by atoms with Gasteiger partial charge in [-0.25, -0.2) is 4.98 Å². The first-order valence-corrected chi connectivity index (χ1v) is 11.4. The molecule has 0 unspecified atom stereocenters. The standard InChI is InChI=1S/C23H28N8O2/c1-2-32-23-29-21(24-14-17-7-6-12-33-17)28-22(30-23)25-16-8-9-18-19(13-16)27-20(26-18)15-31-10-4-3-5-11-31/h6-9,12-13H,2-5,10-11,14-15H2,1H3,(H,26,27)(H2,24,25,28,29,30). The van der Waals surface area contributed by atoms with E-state index >= 15 is 0 Å². The van der Waals surface area contributed by atoms with Crippen LogP contribution in [-0.2, 0) is 13.1 Å². The maximum absolute atomic E-state index is 5.52. The first-order valence-electron chi connectivity index (χ1n) is 11.4. The van der Waals surface area contributed by atoms with Gasteiger partial charge in [0, 0.05) is 5.69 Å². The van der Waals surface area contributed by atoms with E-state index in [1.165, 1.54) is 19.3 Å². The summed E-state index contributed by atoms with van der Waals surface area (Å²) in [5, 5.41) is 6.40. The molecule has 10 heteroatoms. The minimum absolute atomic E-state index is 0.253. The average molecular weight is 449 g/mol. The summed E-state index contributed by atoms with van der Waals surface area (Å²) in [5.41, 5.74) is 2.77. The van der Waals surface area contributed by atoms with E-state index in [9.17, 15) is 0 Å². The lowest BCUT2D eigenvalue weighted by Gasteiger charge is -2.25. The smallest absolute Gasteiger partial charge is 0.323 e. The van der Waals surface area contributed by atoms with Crippen LogP contribution in [-0.4, -0.2) is 49.5 Å². The number of nitrogens with zero attached hydrogens (tertiary/aromatic N) is 5. The van der Waals surface area contributed by atoms with E-state index in [1.807, 2.05) is 37.3 Å². The number of likely N-dealkylation sites (tertiary alicyclic amines) is 1. The van der Waals surface area contributed by atoms with Crippen LogP contribution in [0.3, 0.4) is 0 Å². The molecule has 0 radical (unpaired) electrons. The third-order valence-electron chi connectivity index (χ3n) is 5.50. The van der Waals surface area contributed by atoms with Gasteiger partial charge in [0.25, 0.3) is 0 Å². The molecule has 0 aliphatic carbocycles. The molecule has 1 aromatic carbocycles. The highest BCUT2D eigenvalue weighted by atomic mass is 16.5. The number of anilines is 3. The molecule has 0 atom stereocenters. The van der Waals surface area contributed by atoms with Crippen molar-refractivity contribution in [3.05, 3.63) is 48.2 Å². The summed E-state index contributed by atoms with van der Waals surface area (Å²) in [5.74, 6) is 2.57. The number of hydrogen-bond acceptors (Lipinski definition) is 9. The van der Waals surface area contributed by atoms with Crippen molar-refractivity contribution in [2.75, 3.05) is 30.3 Å². The molecule has 1 saturated heterocycles. The highest BCUT2D eigenvalue weighted by molar-refractivity contribution is 5.80. The quantitative estimate of drug-likeness (QED) is 0.348. The van der Waals surface area contributed by atoms with Crippen molar-refractivity contribution in [1.29, 1.82) is 0 Å². The zero-order chi connectivity index (χ0) is 22.5. The van der Waals surface area contributed by atoms with Gasteiger partial charge in [0.05, 0.1) is 37.0 Å². The van der Waals surface area contributed by atoms with E-state index in [1.54, 1.807) is 6.26 Å². The molecule has 3 N–H and O–H groups in total. The summed E-state index contributed by atoms with van der Waals surface area (Å²) in [7, 11) is 0. The third kappa shape index (κ3) is 5.40. The third-order valence-corrected chi connectivity index (χ3v) is 5.50. The number of H-pyrrole nitrogens is 1. The summed E-state index contributed by atoms with van der Waals surface area (Å²) >= 11 is 0. The Morgan fingerprint density at radius 2 is 1.94 bits per heavy atom. The molecule has 1 aliphatic rings. The number of rotatable bonds is 9. The van der Waals surface area contributed by atoms with Gasteiger partial charge in [0.1, 0.15) is 11.6 Å². The number of imidazole rings is 1. The molecule has 0 amide bonds. The zero-order valence-corrected chi connectivity index (χ0v) is 18.7. The summed E-state index contributed by atoms with van der Waals surface area (Å²) in [6.45, 7) is 5.94. The molecule has 0 bridgehead atoms. The predicted molar refractivity (Wildman–Crippen MR) is 126 cm³/mol. The fraction of sp³-hybridized carbons (Fsp3) is 0.391. The Morgan fingerprint density at radius 1 is 1.06 bits per heavy atom. The highest BCUT2D eigenvalue weighted by Crippen LogP contribution is 2.22. The van der Waals surface area contributed by atoms with Crippen molar-refractivity contribution >= 4 is 28.6 Å². The Bertz CT molecular complexity index is 1180. The summed E-state index contributed by atoms with van der Waals surface area (Å²) in [6, 6.07) is 9.95. The number of furan rings is 1. The molecular formula is C23H28N8O2. The molecule has 0 saturated carbocycles. The number of hydrogen-bond donors (Lipinski definition) is 3. The van der Waals surface area contributed by atoms with Crippen LogP contribution in [0.4, 0.5) is 17.6 Å². The SMILES string of the molecule is CCOc1nc(NCc2ccco2)nc(Nc2ccc3nc(CN4CCCCC4)[nH]c3c2)n1. The Kier molecular flexibility index (Phi) is 6.34. The molecule has 1 aliphatic heterocycles. The number of nitrogens with one attached hydrogen (secondary N) is 3. The Balaban J connectivity index is 1.31. The van der Waals surface area contributed by atoms with Crippen LogP contribution in [0.25, 0.3) is 11.0 Å². The Hall–Kier alpha value is -3.66. The molecule has 0 spiro atoms. The molecule has 10 nitrogen and oxygen atoms in total. The average Bonchev–Trinajstić information content (AvgIpc) is 3.48. The molecule has 172 valence electrons. The van der Waals surface area contributed by atoms with Crippen LogP contribution in [0.5, 0.6) is 6.01 Å². The zero-order valence-electron chi connectivity index (χ0n) is 18.7. The van der Waals surface area contributed by atoms with Gasteiger partial charge in [-0.2, -0.15) is 15.0 Å². The normalized spacial score (nSPS) is 14.5. The first-order chi connectivity index (χ1) is 16.2. The van der Waals surface area contributed by atoms with Gasteiger partial charge in [-0.05, 0) is 63.2 Å². The van der Waals surface area contributed by atoms with Gasteiger partial charge in [-0.1, -0.05) is 6.42 Å². The lowest BCUT2D eigenvalue weighted by molar-refractivity contribution is 0.216. The molecule has 4 heterocycles.